The number of anilines is 2. The molecule has 0 bridgehead atoms. The van der Waals surface area contributed by atoms with E-state index in [1.165, 1.54) is 12.1 Å². The second kappa shape index (κ2) is 10.3. The van der Waals surface area contributed by atoms with E-state index in [0.717, 1.165) is 36.3 Å². The molecule has 1 unspecified atom stereocenters. The molecule has 1 N–H and O–H groups in total. The van der Waals surface area contributed by atoms with E-state index in [1.54, 1.807) is 43.5 Å². The standard InChI is InChI=1S/C26H26F3N3O3S/c1-2-36(34,35)23-10-3-18(4-11-23)15-25(33)31-24-12-9-22(16-30-24)32-14-13-20(17-32)19-5-7-21(8-6-19)26(27,28)29/h3-12,16,20H,2,13-15,17H2,1H3,(H,30,31,33). The number of aromatic nitrogens is 1. The zero-order chi connectivity index (χ0) is 25.9. The van der Waals surface area contributed by atoms with E-state index in [2.05, 4.69) is 15.2 Å². The quantitative estimate of drug-likeness (QED) is 0.474. The van der Waals surface area contributed by atoms with Crippen molar-refractivity contribution >= 4 is 27.2 Å². The van der Waals surface area contributed by atoms with Crippen molar-refractivity contribution in [2.24, 2.45) is 0 Å². The molecule has 1 amide bonds. The third kappa shape index (κ3) is 6.04. The zero-order valence-electron chi connectivity index (χ0n) is 19.6. The normalized spacial score (nSPS) is 16.2. The molecule has 4 rings (SSSR count). The summed E-state index contributed by atoms with van der Waals surface area (Å²) < 4.78 is 62.2. The Bertz CT molecular complexity index is 1310. The first kappa shape index (κ1) is 25.7. The molecule has 3 aromatic rings. The summed E-state index contributed by atoms with van der Waals surface area (Å²) in [6.45, 7) is 3.00. The molecule has 0 aliphatic carbocycles. The fraction of sp³-hybridized carbons (Fsp3) is 0.308. The van der Waals surface area contributed by atoms with Crippen LogP contribution in [0.2, 0.25) is 0 Å². The number of hydrogen-bond acceptors (Lipinski definition) is 5. The molecule has 1 atom stereocenters. The van der Waals surface area contributed by atoms with Crippen molar-refractivity contribution in [2.45, 2.75) is 36.8 Å². The molecule has 1 aliphatic heterocycles. The number of sulfone groups is 1. The summed E-state index contributed by atoms with van der Waals surface area (Å²) >= 11 is 0. The van der Waals surface area contributed by atoms with Crippen molar-refractivity contribution in [3.05, 3.63) is 83.6 Å². The molecule has 0 spiro atoms. The predicted octanol–water partition coefficient (Wildman–Crippen LogP) is 5.07. The van der Waals surface area contributed by atoms with E-state index in [1.807, 2.05) is 6.07 Å². The Kier molecular flexibility index (Phi) is 7.35. The number of carbonyl (C=O) groups is 1. The third-order valence-electron chi connectivity index (χ3n) is 6.31. The van der Waals surface area contributed by atoms with Crippen LogP contribution in [0.1, 0.15) is 36.0 Å². The number of hydrogen-bond donors (Lipinski definition) is 1. The van der Waals surface area contributed by atoms with Crippen molar-refractivity contribution in [3.63, 3.8) is 0 Å². The highest BCUT2D eigenvalue weighted by Crippen LogP contribution is 2.34. The summed E-state index contributed by atoms with van der Waals surface area (Å²) in [5.74, 6) is 0.268. The van der Waals surface area contributed by atoms with Crippen LogP contribution in [0.5, 0.6) is 0 Å². The maximum absolute atomic E-state index is 12.8. The first-order chi connectivity index (χ1) is 17.0. The van der Waals surface area contributed by atoms with Gasteiger partial charge in [0, 0.05) is 19.0 Å². The second-order valence-electron chi connectivity index (χ2n) is 8.73. The summed E-state index contributed by atoms with van der Waals surface area (Å²) in [4.78, 5) is 19.1. The molecule has 1 aromatic heterocycles. The summed E-state index contributed by atoms with van der Waals surface area (Å²) in [6, 6.07) is 15.1. The van der Waals surface area contributed by atoms with Gasteiger partial charge >= 0.3 is 6.18 Å². The maximum atomic E-state index is 12.8. The van der Waals surface area contributed by atoms with E-state index in [4.69, 9.17) is 0 Å². The fourth-order valence-electron chi connectivity index (χ4n) is 4.21. The van der Waals surface area contributed by atoms with E-state index >= 15 is 0 Å². The highest BCUT2D eigenvalue weighted by atomic mass is 32.2. The van der Waals surface area contributed by atoms with Gasteiger partial charge < -0.3 is 10.2 Å². The van der Waals surface area contributed by atoms with Crippen LogP contribution >= 0.6 is 0 Å². The van der Waals surface area contributed by atoms with Crippen LogP contribution in [-0.2, 0) is 27.2 Å². The molecule has 2 aromatic carbocycles. The lowest BCUT2D eigenvalue weighted by molar-refractivity contribution is -0.137. The van der Waals surface area contributed by atoms with E-state index in [-0.39, 0.29) is 28.9 Å². The third-order valence-corrected chi connectivity index (χ3v) is 8.06. The van der Waals surface area contributed by atoms with Gasteiger partial charge in [0.2, 0.25) is 5.91 Å². The first-order valence-electron chi connectivity index (χ1n) is 11.5. The molecule has 36 heavy (non-hydrogen) atoms. The fourth-order valence-corrected chi connectivity index (χ4v) is 5.10. The summed E-state index contributed by atoms with van der Waals surface area (Å²) in [7, 11) is -3.29. The Balaban J connectivity index is 1.32. The van der Waals surface area contributed by atoms with Gasteiger partial charge in [-0.05, 0) is 53.9 Å². The summed E-state index contributed by atoms with van der Waals surface area (Å²) in [6.07, 6.45) is -1.78. The Labute approximate surface area is 208 Å². The molecule has 2 heterocycles. The Morgan fingerprint density at radius 1 is 1.06 bits per heavy atom. The highest BCUT2D eigenvalue weighted by Gasteiger charge is 2.31. The van der Waals surface area contributed by atoms with Crippen LogP contribution in [0.4, 0.5) is 24.7 Å². The van der Waals surface area contributed by atoms with Gasteiger partial charge in [-0.1, -0.05) is 31.2 Å². The first-order valence-corrected chi connectivity index (χ1v) is 13.2. The predicted molar refractivity (Wildman–Crippen MR) is 132 cm³/mol. The number of alkyl halides is 3. The van der Waals surface area contributed by atoms with Crippen LogP contribution in [0.25, 0.3) is 0 Å². The molecule has 1 saturated heterocycles. The molecule has 190 valence electrons. The van der Waals surface area contributed by atoms with Crippen LogP contribution in [0, 0.1) is 0 Å². The van der Waals surface area contributed by atoms with Gasteiger partial charge in [-0.25, -0.2) is 13.4 Å². The number of pyridine rings is 1. The van der Waals surface area contributed by atoms with Gasteiger partial charge in [-0.15, -0.1) is 0 Å². The van der Waals surface area contributed by atoms with Crippen molar-refractivity contribution in [1.82, 2.24) is 4.98 Å². The number of nitrogens with zero attached hydrogens (tertiary/aromatic N) is 2. The highest BCUT2D eigenvalue weighted by molar-refractivity contribution is 7.91. The molecular weight excluding hydrogens is 491 g/mol. The molecule has 0 saturated carbocycles. The summed E-state index contributed by atoms with van der Waals surface area (Å²) in [5.41, 5.74) is 1.78. The van der Waals surface area contributed by atoms with Gasteiger partial charge in [0.05, 0.1) is 34.5 Å². The smallest absolute Gasteiger partial charge is 0.370 e. The van der Waals surface area contributed by atoms with Crippen LogP contribution in [0.3, 0.4) is 0 Å². The maximum Gasteiger partial charge on any atom is 0.416 e. The van der Waals surface area contributed by atoms with Crippen LogP contribution < -0.4 is 10.2 Å². The van der Waals surface area contributed by atoms with E-state index in [9.17, 15) is 26.4 Å². The minimum Gasteiger partial charge on any atom is -0.370 e. The molecule has 6 nitrogen and oxygen atoms in total. The minimum atomic E-state index is -4.34. The van der Waals surface area contributed by atoms with Gasteiger partial charge in [0.25, 0.3) is 0 Å². The van der Waals surface area contributed by atoms with Crippen LogP contribution in [-0.4, -0.2) is 38.2 Å². The average molecular weight is 518 g/mol. The molecule has 0 radical (unpaired) electrons. The van der Waals surface area contributed by atoms with Gasteiger partial charge in [0.1, 0.15) is 5.82 Å². The molecule has 1 fully saturated rings. The lowest BCUT2D eigenvalue weighted by atomic mass is 9.97. The average Bonchev–Trinajstić information content (AvgIpc) is 3.35. The Morgan fingerprint density at radius 3 is 2.33 bits per heavy atom. The topological polar surface area (TPSA) is 79.4 Å². The number of halogens is 3. The molecule has 10 heteroatoms. The van der Waals surface area contributed by atoms with E-state index < -0.39 is 21.6 Å². The van der Waals surface area contributed by atoms with Crippen molar-refractivity contribution < 1.29 is 26.4 Å². The Morgan fingerprint density at radius 2 is 1.75 bits per heavy atom. The lowest BCUT2D eigenvalue weighted by Gasteiger charge is -2.19. The number of rotatable bonds is 7. The van der Waals surface area contributed by atoms with Gasteiger partial charge in [-0.3, -0.25) is 4.79 Å². The Hall–Kier alpha value is -3.40. The van der Waals surface area contributed by atoms with Crippen molar-refractivity contribution in [1.29, 1.82) is 0 Å². The SMILES string of the molecule is CCS(=O)(=O)c1ccc(CC(=O)Nc2ccc(N3CCC(c4ccc(C(F)(F)F)cc4)C3)cn2)cc1. The number of benzene rings is 2. The van der Waals surface area contributed by atoms with Gasteiger partial charge in [0.15, 0.2) is 9.84 Å². The second-order valence-corrected chi connectivity index (χ2v) is 11.0. The molecular formula is C26H26F3N3O3S. The summed E-state index contributed by atoms with van der Waals surface area (Å²) in [5, 5.41) is 2.74. The largest absolute Gasteiger partial charge is 0.416 e. The monoisotopic (exact) mass is 517 g/mol. The van der Waals surface area contributed by atoms with E-state index in [0.29, 0.717) is 17.9 Å². The number of amides is 1. The minimum absolute atomic E-state index is 0.0155. The van der Waals surface area contributed by atoms with Crippen molar-refractivity contribution in [2.75, 3.05) is 29.1 Å². The van der Waals surface area contributed by atoms with Crippen molar-refractivity contribution in [3.8, 4) is 0 Å². The van der Waals surface area contributed by atoms with Gasteiger partial charge in [-0.2, -0.15) is 13.2 Å². The van der Waals surface area contributed by atoms with Crippen LogP contribution in [0.15, 0.2) is 71.8 Å². The molecule has 1 aliphatic rings. The number of carbonyl (C=O) groups excluding carboxylic acids is 1. The lowest BCUT2D eigenvalue weighted by Crippen LogP contribution is -2.20. The number of nitrogens with one attached hydrogen (secondary N) is 1. The zero-order valence-corrected chi connectivity index (χ0v) is 20.4.